The number of hydrogen-bond donors (Lipinski definition) is 0. The molecule has 1 aromatic rings. The zero-order valence-corrected chi connectivity index (χ0v) is 15.7. The van der Waals surface area contributed by atoms with Gasteiger partial charge in [0, 0.05) is 37.4 Å². The number of aryl methyl sites for hydroxylation is 1. The maximum Gasteiger partial charge on any atom is 0.227 e. The van der Waals surface area contributed by atoms with Crippen LogP contribution in [0.15, 0.2) is 6.07 Å². The highest BCUT2D eigenvalue weighted by Crippen LogP contribution is 2.28. The number of piperidine rings is 1. The summed E-state index contributed by atoms with van der Waals surface area (Å²) in [6, 6.07) is 2.57. The highest BCUT2D eigenvalue weighted by molar-refractivity contribution is 7.91. The highest BCUT2D eigenvalue weighted by Gasteiger charge is 2.32. The molecule has 7 heteroatoms. The summed E-state index contributed by atoms with van der Waals surface area (Å²) >= 11 is 0. The minimum absolute atomic E-state index is 0.0204. The zero-order valence-electron chi connectivity index (χ0n) is 14.9. The van der Waals surface area contributed by atoms with Crippen molar-refractivity contribution in [2.45, 2.75) is 58.0 Å². The fourth-order valence-electron chi connectivity index (χ4n) is 3.81. The van der Waals surface area contributed by atoms with Crippen molar-refractivity contribution < 1.29 is 8.42 Å². The van der Waals surface area contributed by atoms with Crippen LogP contribution in [0, 0.1) is 6.92 Å². The predicted octanol–water partition coefficient (Wildman–Crippen LogP) is 2.18. The monoisotopic (exact) mass is 352 g/mol. The first-order valence-electron chi connectivity index (χ1n) is 8.95. The molecule has 2 aliphatic heterocycles. The molecule has 0 radical (unpaired) electrons. The van der Waals surface area contributed by atoms with Crippen molar-refractivity contribution in [3.63, 3.8) is 0 Å². The van der Waals surface area contributed by atoms with Gasteiger partial charge in [-0.3, -0.25) is 0 Å². The topological polar surface area (TPSA) is 66.4 Å². The van der Waals surface area contributed by atoms with Gasteiger partial charge in [0.2, 0.25) is 5.95 Å². The molecule has 24 heavy (non-hydrogen) atoms. The summed E-state index contributed by atoms with van der Waals surface area (Å²) in [5, 5.41) is 0. The number of anilines is 2. The first-order chi connectivity index (χ1) is 11.4. The first-order valence-corrected chi connectivity index (χ1v) is 10.8. The van der Waals surface area contributed by atoms with Gasteiger partial charge in [0.25, 0.3) is 0 Å². The molecule has 2 aliphatic rings. The Balaban J connectivity index is 1.86. The second-order valence-corrected chi connectivity index (χ2v) is 9.32. The van der Waals surface area contributed by atoms with Gasteiger partial charge in [0.15, 0.2) is 9.84 Å². The number of aromatic nitrogens is 2. The van der Waals surface area contributed by atoms with E-state index in [0.29, 0.717) is 18.4 Å². The van der Waals surface area contributed by atoms with Crippen molar-refractivity contribution in [2.24, 2.45) is 0 Å². The predicted molar refractivity (Wildman–Crippen MR) is 97.5 cm³/mol. The molecule has 3 rings (SSSR count). The molecular formula is C17H28N4O2S. The van der Waals surface area contributed by atoms with E-state index in [1.54, 1.807) is 0 Å². The third-order valence-corrected chi connectivity index (χ3v) is 7.04. The maximum absolute atomic E-state index is 11.8. The summed E-state index contributed by atoms with van der Waals surface area (Å²) in [5.41, 5.74) is 0.933. The van der Waals surface area contributed by atoms with E-state index in [1.807, 2.05) is 18.9 Å². The van der Waals surface area contributed by atoms with Crippen molar-refractivity contribution >= 4 is 21.6 Å². The van der Waals surface area contributed by atoms with Crippen LogP contribution in [0.1, 0.15) is 44.7 Å². The second kappa shape index (κ2) is 6.86. The van der Waals surface area contributed by atoms with Gasteiger partial charge in [-0.2, -0.15) is 4.98 Å². The lowest BCUT2D eigenvalue weighted by molar-refractivity contribution is 0.446. The van der Waals surface area contributed by atoms with Crippen molar-refractivity contribution in [1.82, 2.24) is 9.97 Å². The average Bonchev–Trinajstić information content (AvgIpc) is 2.93. The Morgan fingerprint density at radius 3 is 2.75 bits per heavy atom. The fraction of sp³-hybridized carbons (Fsp3) is 0.765. The normalized spacial score (nSPS) is 26.5. The fourth-order valence-corrected chi connectivity index (χ4v) is 5.59. The Bertz CT molecular complexity index is 692. The molecule has 0 saturated carbocycles. The van der Waals surface area contributed by atoms with Crippen LogP contribution < -0.4 is 9.80 Å². The van der Waals surface area contributed by atoms with Crippen LogP contribution in [0.5, 0.6) is 0 Å². The van der Waals surface area contributed by atoms with Crippen molar-refractivity contribution in [3.05, 3.63) is 11.8 Å². The maximum atomic E-state index is 11.8. The van der Waals surface area contributed by atoms with Crippen molar-refractivity contribution in [2.75, 3.05) is 34.9 Å². The Hall–Kier alpha value is -1.37. The molecule has 0 amide bonds. The second-order valence-electron chi connectivity index (χ2n) is 7.09. The van der Waals surface area contributed by atoms with Crippen LogP contribution in [-0.4, -0.2) is 55.6 Å². The summed E-state index contributed by atoms with van der Waals surface area (Å²) in [5.74, 6) is 2.10. The largest absolute Gasteiger partial charge is 0.353 e. The van der Waals surface area contributed by atoms with Crippen LogP contribution in [0.4, 0.5) is 11.8 Å². The van der Waals surface area contributed by atoms with Gasteiger partial charge in [-0.1, -0.05) is 6.92 Å². The molecule has 0 aromatic carbocycles. The molecule has 2 saturated heterocycles. The van der Waals surface area contributed by atoms with Crippen molar-refractivity contribution in [1.29, 1.82) is 0 Å². The van der Waals surface area contributed by atoms with E-state index in [4.69, 9.17) is 4.98 Å². The lowest BCUT2D eigenvalue weighted by atomic mass is 10.00. The van der Waals surface area contributed by atoms with Gasteiger partial charge in [-0.25, -0.2) is 13.4 Å². The molecule has 2 atom stereocenters. The molecule has 1 aromatic heterocycles. The van der Waals surface area contributed by atoms with Crippen LogP contribution in [0.25, 0.3) is 0 Å². The van der Waals surface area contributed by atoms with Gasteiger partial charge >= 0.3 is 0 Å². The van der Waals surface area contributed by atoms with E-state index in [1.165, 1.54) is 19.3 Å². The Morgan fingerprint density at radius 2 is 2.08 bits per heavy atom. The minimum atomic E-state index is -2.91. The van der Waals surface area contributed by atoms with E-state index >= 15 is 0 Å². The molecule has 3 heterocycles. The van der Waals surface area contributed by atoms with Gasteiger partial charge in [0.1, 0.15) is 5.82 Å². The lowest BCUT2D eigenvalue weighted by Crippen LogP contribution is -2.40. The molecule has 134 valence electrons. The average molecular weight is 353 g/mol. The molecule has 0 spiro atoms. The lowest BCUT2D eigenvalue weighted by Gasteiger charge is -2.37. The van der Waals surface area contributed by atoms with Crippen LogP contribution >= 0.6 is 0 Å². The molecule has 2 fully saturated rings. The Kier molecular flexibility index (Phi) is 4.99. The third-order valence-electron chi connectivity index (χ3n) is 5.29. The molecule has 0 bridgehead atoms. The summed E-state index contributed by atoms with van der Waals surface area (Å²) in [6.45, 7) is 5.25. The molecule has 0 N–H and O–H groups in total. The van der Waals surface area contributed by atoms with E-state index in [-0.39, 0.29) is 17.5 Å². The number of sulfone groups is 1. The van der Waals surface area contributed by atoms with E-state index < -0.39 is 9.84 Å². The van der Waals surface area contributed by atoms with Crippen LogP contribution in [-0.2, 0) is 9.84 Å². The summed E-state index contributed by atoms with van der Waals surface area (Å²) in [4.78, 5) is 13.7. The number of hydrogen-bond acceptors (Lipinski definition) is 6. The van der Waals surface area contributed by atoms with Gasteiger partial charge < -0.3 is 9.80 Å². The van der Waals surface area contributed by atoms with Crippen LogP contribution in [0.3, 0.4) is 0 Å². The number of rotatable bonds is 4. The summed E-state index contributed by atoms with van der Waals surface area (Å²) in [6.07, 6.45) is 5.48. The van der Waals surface area contributed by atoms with E-state index in [2.05, 4.69) is 22.9 Å². The molecular weight excluding hydrogens is 324 g/mol. The van der Waals surface area contributed by atoms with E-state index in [0.717, 1.165) is 24.5 Å². The molecule has 0 aliphatic carbocycles. The smallest absolute Gasteiger partial charge is 0.227 e. The van der Waals surface area contributed by atoms with Crippen molar-refractivity contribution in [3.8, 4) is 0 Å². The summed E-state index contributed by atoms with van der Waals surface area (Å²) < 4.78 is 23.5. The quantitative estimate of drug-likeness (QED) is 0.827. The standard InChI is InChI=1S/C17H28N4O2S/c1-4-14-7-5-6-9-21(14)16-11-13(2)18-17(19-16)20(3)15-8-10-24(22,23)12-15/h11,14-15H,4-10,12H2,1-3H3. The van der Waals surface area contributed by atoms with Crippen LogP contribution in [0.2, 0.25) is 0 Å². The zero-order chi connectivity index (χ0) is 17.3. The summed E-state index contributed by atoms with van der Waals surface area (Å²) in [7, 11) is -0.995. The number of nitrogens with zero attached hydrogens (tertiary/aromatic N) is 4. The van der Waals surface area contributed by atoms with Gasteiger partial charge in [-0.15, -0.1) is 0 Å². The van der Waals surface area contributed by atoms with Gasteiger partial charge in [0.05, 0.1) is 11.5 Å². The minimum Gasteiger partial charge on any atom is -0.353 e. The Labute approximate surface area is 145 Å². The highest BCUT2D eigenvalue weighted by atomic mass is 32.2. The molecule has 6 nitrogen and oxygen atoms in total. The Morgan fingerprint density at radius 1 is 1.29 bits per heavy atom. The SMILES string of the molecule is CCC1CCCCN1c1cc(C)nc(N(C)C2CCS(=O)(=O)C2)n1. The van der Waals surface area contributed by atoms with Gasteiger partial charge in [-0.05, 0) is 39.0 Å². The first kappa shape index (κ1) is 17.5. The molecule has 2 unspecified atom stereocenters. The van der Waals surface area contributed by atoms with E-state index in [9.17, 15) is 8.42 Å². The third kappa shape index (κ3) is 3.66.